The maximum absolute atomic E-state index is 11.5. The third kappa shape index (κ3) is 2.93. The highest BCUT2D eigenvalue weighted by atomic mass is 31.1. The zero-order valence-electron chi connectivity index (χ0n) is 8.79. The van der Waals surface area contributed by atoms with Gasteiger partial charge in [-0.2, -0.15) is 4.62 Å². The van der Waals surface area contributed by atoms with Gasteiger partial charge in [0, 0.05) is 12.8 Å². The van der Waals surface area contributed by atoms with Gasteiger partial charge in [0.05, 0.1) is 0 Å². The largest absolute Gasteiger partial charge is 0.425 e. The van der Waals surface area contributed by atoms with E-state index < -0.39 is 20.1 Å². The second-order valence-electron chi connectivity index (χ2n) is 3.34. The van der Waals surface area contributed by atoms with Gasteiger partial charge < -0.3 is 4.52 Å². The minimum Gasteiger partial charge on any atom is -0.425 e. The van der Waals surface area contributed by atoms with Gasteiger partial charge in [0.25, 0.3) is 11.8 Å². The van der Waals surface area contributed by atoms with Crippen LogP contribution in [0.15, 0.2) is 30.3 Å². The number of rotatable bonds is 4. The molecule has 2 amide bonds. The Bertz CT molecular complexity index is 445. The fraction of sp³-hybridized carbons (Fsp3) is 0.200. The van der Waals surface area contributed by atoms with Crippen LogP contribution in [0.3, 0.4) is 0 Å². The van der Waals surface area contributed by atoms with Crippen molar-refractivity contribution in [2.45, 2.75) is 12.8 Å². The van der Waals surface area contributed by atoms with Gasteiger partial charge in [-0.3, -0.25) is 9.59 Å². The summed E-state index contributed by atoms with van der Waals surface area (Å²) in [5, 5.41) is 0.518. The van der Waals surface area contributed by atoms with Gasteiger partial charge in [0.15, 0.2) is 0 Å². The smallest absolute Gasteiger partial charge is 0.389 e. The fourth-order valence-corrected chi connectivity index (χ4v) is 2.05. The lowest BCUT2D eigenvalue weighted by Crippen LogP contribution is -2.26. The van der Waals surface area contributed by atoms with Crippen LogP contribution in [0.2, 0.25) is 0 Å². The number of imide groups is 1. The van der Waals surface area contributed by atoms with E-state index in [-0.39, 0.29) is 12.8 Å². The van der Waals surface area contributed by atoms with E-state index in [0.717, 1.165) is 0 Å². The van der Waals surface area contributed by atoms with Crippen molar-refractivity contribution in [3.05, 3.63) is 30.3 Å². The predicted octanol–water partition coefficient (Wildman–Crippen LogP) is 1.54. The molecule has 7 heteroatoms. The summed E-state index contributed by atoms with van der Waals surface area (Å²) in [5.74, 6) is -0.634. The van der Waals surface area contributed by atoms with Crippen molar-refractivity contribution in [1.29, 1.82) is 0 Å². The number of nitrogens with zero attached hydrogens (tertiary/aromatic N) is 1. The zero-order chi connectivity index (χ0) is 12.3. The first-order valence-corrected chi connectivity index (χ1v) is 6.20. The quantitative estimate of drug-likeness (QED) is 0.602. The summed E-state index contributed by atoms with van der Waals surface area (Å²) >= 11 is 0. The van der Waals surface area contributed by atoms with Crippen molar-refractivity contribution in [3.63, 3.8) is 0 Å². The van der Waals surface area contributed by atoms with E-state index >= 15 is 0 Å². The summed E-state index contributed by atoms with van der Waals surface area (Å²) in [6.07, 6.45) is 0.165. The SMILES string of the molecule is O=C1CCC(=O)N1O[PH](=O)Oc1ccccc1. The molecular formula is C10H10NO5P. The van der Waals surface area contributed by atoms with Crippen LogP contribution in [-0.4, -0.2) is 16.9 Å². The molecule has 1 aromatic rings. The maximum Gasteiger partial charge on any atom is 0.389 e. The summed E-state index contributed by atoms with van der Waals surface area (Å²) in [6.45, 7) is 0. The number of amides is 2. The molecule has 0 N–H and O–H groups in total. The Balaban J connectivity index is 1.94. The summed E-state index contributed by atoms with van der Waals surface area (Å²) in [6, 6.07) is 8.38. The van der Waals surface area contributed by atoms with Crippen molar-refractivity contribution in [3.8, 4) is 5.75 Å². The number of hydroxylamine groups is 2. The highest BCUT2D eigenvalue weighted by molar-refractivity contribution is 7.33. The van der Waals surface area contributed by atoms with E-state index in [1.807, 2.05) is 0 Å². The van der Waals surface area contributed by atoms with Gasteiger partial charge in [-0.05, 0) is 12.1 Å². The number of hydrogen-bond donors (Lipinski definition) is 0. The Kier molecular flexibility index (Phi) is 3.56. The zero-order valence-corrected chi connectivity index (χ0v) is 9.79. The second-order valence-corrected chi connectivity index (χ2v) is 4.22. The van der Waals surface area contributed by atoms with Crippen LogP contribution in [0.1, 0.15) is 12.8 Å². The number of benzene rings is 1. The number of hydrogen-bond acceptors (Lipinski definition) is 5. The highest BCUT2D eigenvalue weighted by Gasteiger charge is 2.32. The van der Waals surface area contributed by atoms with Crippen LogP contribution in [0.5, 0.6) is 5.75 Å². The first kappa shape index (κ1) is 11.8. The molecule has 1 atom stereocenters. The molecule has 2 rings (SSSR count). The van der Waals surface area contributed by atoms with Crippen molar-refractivity contribution in [2.75, 3.05) is 0 Å². The van der Waals surface area contributed by atoms with Crippen molar-refractivity contribution in [2.24, 2.45) is 0 Å². The molecule has 0 radical (unpaired) electrons. The van der Waals surface area contributed by atoms with E-state index in [4.69, 9.17) is 9.15 Å². The molecule has 0 saturated carbocycles. The molecule has 1 saturated heterocycles. The first-order chi connectivity index (χ1) is 8.16. The van der Waals surface area contributed by atoms with Crippen LogP contribution in [0.25, 0.3) is 0 Å². The van der Waals surface area contributed by atoms with Gasteiger partial charge in [-0.25, -0.2) is 4.57 Å². The average Bonchev–Trinajstić information content (AvgIpc) is 2.62. The molecule has 0 spiro atoms. The third-order valence-corrected chi connectivity index (χ3v) is 2.85. The normalized spacial score (nSPS) is 17.3. The van der Waals surface area contributed by atoms with E-state index in [0.29, 0.717) is 10.8 Å². The lowest BCUT2D eigenvalue weighted by Gasteiger charge is -2.12. The molecule has 1 fully saturated rings. The minimum absolute atomic E-state index is 0.0827. The summed E-state index contributed by atoms with van der Waals surface area (Å²) in [7, 11) is -2.96. The van der Waals surface area contributed by atoms with Crippen molar-refractivity contribution in [1.82, 2.24) is 5.06 Å². The van der Waals surface area contributed by atoms with E-state index in [1.165, 1.54) is 0 Å². The summed E-state index contributed by atoms with van der Waals surface area (Å²) < 4.78 is 21.1. The molecule has 0 aliphatic carbocycles. The van der Waals surface area contributed by atoms with Crippen LogP contribution in [0, 0.1) is 0 Å². The molecule has 1 heterocycles. The van der Waals surface area contributed by atoms with Crippen molar-refractivity contribution >= 4 is 20.1 Å². The molecular weight excluding hydrogens is 245 g/mol. The first-order valence-electron chi connectivity index (χ1n) is 4.97. The molecule has 1 aliphatic heterocycles. The molecule has 1 unspecified atom stereocenters. The Morgan fingerprint density at radius 1 is 1.06 bits per heavy atom. The maximum atomic E-state index is 11.5. The Labute approximate surface area is 98.0 Å². The second kappa shape index (κ2) is 5.12. The lowest BCUT2D eigenvalue weighted by atomic mass is 10.3. The Morgan fingerprint density at radius 3 is 2.24 bits per heavy atom. The average molecular weight is 255 g/mol. The van der Waals surface area contributed by atoms with Crippen LogP contribution in [0.4, 0.5) is 0 Å². The lowest BCUT2D eigenvalue weighted by molar-refractivity contribution is -0.164. The molecule has 1 aliphatic rings. The third-order valence-electron chi connectivity index (χ3n) is 2.12. The topological polar surface area (TPSA) is 72.9 Å². The molecule has 6 nitrogen and oxygen atoms in total. The fourth-order valence-electron chi connectivity index (χ4n) is 1.34. The van der Waals surface area contributed by atoms with Gasteiger partial charge in [-0.1, -0.05) is 18.2 Å². The van der Waals surface area contributed by atoms with Crippen molar-refractivity contribution < 1.29 is 23.3 Å². The summed E-state index contributed by atoms with van der Waals surface area (Å²) in [4.78, 5) is 22.3. The Morgan fingerprint density at radius 2 is 1.65 bits per heavy atom. The van der Waals surface area contributed by atoms with Gasteiger partial charge in [0.1, 0.15) is 5.75 Å². The minimum atomic E-state index is -2.96. The number of carbonyl (C=O) groups is 2. The molecule has 0 aromatic heterocycles. The summed E-state index contributed by atoms with van der Waals surface area (Å²) in [5.41, 5.74) is 0. The van der Waals surface area contributed by atoms with Gasteiger partial charge in [0.2, 0.25) is 0 Å². The Hall–Kier alpha value is -1.65. The van der Waals surface area contributed by atoms with Gasteiger partial charge in [-0.15, -0.1) is 5.06 Å². The van der Waals surface area contributed by atoms with E-state index in [2.05, 4.69) is 0 Å². The molecule has 1 aromatic carbocycles. The molecule has 90 valence electrons. The monoisotopic (exact) mass is 255 g/mol. The van der Waals surface area contributed by atoms with E-state index in [1.54, 1.807) is 30.3 Å². The molecule has 0 bridgehead atoms. The number of para-hydroxylation sites is 1. The van der Waals surface area contributed by atoms with Crippen LogP contribution >= 0.6 is 8.25 Å². The predicted molar refractivity (Wildman–Crippen MR) is 58.2 cm³/mol. The van der Waals surface area contributed by atoms with E-state index in [9.17, 15) is 14.2 Å². The van der Waals surface area contributed by atoms with Crippen LogP contribution in [-0.2, 0) is 18.8 Å². The standard InChI is InChI=1S/C10H10NO5P/c12-9-6-7-10(13)11(9)16-17(14)15-8-4-2-1-3-5-8/h1-5,17H,6-7H2. The van der Waals surface area contributed by atoms with Gasteiger partial charge >= 0.3 is 8.25 Å². The molecule has 17 heavy (non-hydrogen) atoms. The number of carbonyl (C=O) groups excluding carboxylic acids is 2. The highest BCUT2D eigenvalue weighted by Crippen LogP contribution is 2.30. The van der Waals surface area contributed by atoms with Crippen LogP contribution < -0.4 is 4.52 Å².